The average Bonchev–Trinajstić information content (AvgIpc) is 2.69. The second kappa shape index (κ2) is 4.37. The summed E-state index contributed by atoms with van der Waals surface area (Å²) in [6.07, 6.45) is 0. The third-order valence-electron chi connectivity index (χ3n) is 4.52. The molecule has 2 aromatic carbocycles. The lowest BCUT2D eigenvalue weighted by Crippen LogP contribution is -2.31. The van der Waals surface area contributed by atoms with E-state index in [2.05, 4.69) is 71.0 Å². The van der Waals surface area contributed by atoms with E-state index in [-0.39, 0.29) is 5.60 Å². The monoisotopic (exact) mass is 266 g/mol. The number of hydrogen-bond donors (Lipinski definition) is 0. The van der Waals surface area contributed by atoms with Crippen LogP contribution in [-0.4, -0.2) is 5.60 Å². The fraction of sp³-hybridized carbons (Fsp3) is 0.368. The van der Waals surface area contributed by atoms with Gasteiger partial charge < -0.3 is 4.74 Å². The topological polar surface area (TPSA) is 9.23 Å². The van der Waals surface area contributed by atoms with Crippen LogP contribution in [-0.2, 0) is 0 Å². The summed E-state index contributed by atoms with van der Waals surface area (Å²) in [6, 6.07) is 13.0. The molecule has 1 heteroatoms. The maximum Gasteiger partial charge on any atom is 0.127 e. The molecule has 3 rings (SSSR count). The molecule has 0 spiro atoms. The Labute approximate surface area is 121 Å². The highest BCUT2D eigenvalue weighted by atomic mass is 16.5. The highest BCUT2D eigenvalue weighted by Gasteiger charge is 2.43. The SMILES string of the molecule is Cc1cc(C)c2c(c1C)OC(C)(C)[C@H]2c1ccccc1. The Hall–Kier alpha value is -1.76. The molecule has 0 unspecified atom stereocenters. The molecule has 1 aliphatic rings. The predicted molar refractivity (Wildman–Crippen MR) is 83.6 cm³/mol. The van der Waals surface area contributed by atoms with Gasteiger partial charge in [0, 0.05) is 5.56 Å². The fourth-order valence-electron chi connectivity index (χ4n) is 3.44. The Kier molecular flexibility index (Phi) is 2.89. The number of fused-ring (bicyclic) bond motifs is 1. The molecule has 1 atom stereocenters. The number of aryl methyl sites for hydroxylation is 2. The second-order valence-corrected chi connectivity index (χ2v) is 6.43. The van der Waals surface area contributed by atoms with Crippen LogP contribution in [0.1, 0.15) is 47.6 Å². The average molecular weight is 266 g/mol. The summed E-state index contributed by atoms with van der Waals surface area (Å²) < 4.78 is 6.35. The van der Waals surface area contributed by atoms with Crippen LogP contribution in [0.4, 0.5) is 0 Å². The van der Waals surface area contributed by atoms with E-state index in [0.29, 0.717) is 5.92 Å². The van der Waals surface area contributed by atoms with Crippen LogP contribution >= 0.6 is 0 Å². The maximum atomic E-state index is 6.35. The summed E-state index contributed by atoms with van der Waals surface area (Å²) in [4.78, 5) is 0. The largest absolute Gasteiger partial charge is 0.486 e. The van der Waals surface area contributed by atoms with Crippen molar-refractivity contribution in [3.05, 3.63) is 64.2 Å². The third kappa shape index (κ3) is 1.84. The van der Waals surface area contributed by atoms with Crippen molar-refractivity contribution < 1.29 is 4.74 Å². The van der Waals surface area contributed by atoms with Gasteiger partial charge in [-0.05, 0) is 56.9 Å². The van der Waals surface area contributed by atoms with E-state index in [1.54, 1.807) is 0 Å². The lowest BCUT2D eigenvalue weighted by molar-refractivity contribution is 0.121. The molecule has 20 heavy (non-hydrogen) atoms. The highest BCUT2D eigenvalue weighted by Crippen LogP contribution is 2.51. The van der Waals surface area contributed by atoms with Gasteiger partial charge in [0.2, 0.25) is 0 Å². The van der Waals surface area contributed by atoms with Gasteiger partial charge in [0.25, 0.3) is 0 Å². The first-order valence-corrected chi connectivity index (χ1v) is 7.26. The van der Waals surface area contributed by atoms with Gasteiger partial charge in [-0.1, -0.05) is 36.4 Å². The van der Waals surface area contributed by atoms with E-state index < -0.39 is 0 Å². The van der Waals surface area contributed by atoms with Crippen LogP contribution in [0.3, 0.4) is 0 Å². The van der Waals surface area contributed by atoms with E-state index in [0.717, 1.165) is 5.75 Å². The molecule has 0 saturated heterocycles. The summed E-state index contributed by atoms with van der Waals surface area (Å²) in [6.45, 7) is 10.9. The van der Waals surface area contributed by atoms with Gasteiger partial charge in [-0.3, -0.25) is 0 Å². The minimum Gasteiger partial charge on any atom is -0.486 e. The van der Waals surface area contributed by atoms with E-state index >= 15 is 0 Å². The Morgan fingerprint density at radius 3 is 2.25 bits per heavy atom. The normalized spacial score (nSPS) is 19.6. The van der Waals surface area contributed by atoms with E-state index in [9.17, 15) is 0 Å². The summed E-state index contributed by atoms with van der Waals surface area (Å²) >= 11 is 0. The molecule has 2 aromatic rings. The minimum atomic E-state index is -0.201. The smallest absolute Gasteiger partial charge is 0.127 e. The number of hydrogen-bond acceptors (Lipinski definition) is 1. The molecule has 1 aliphatic heterocycles. The van der Waals surface area contributed by atoms with Crippen LogP contribution < -0.4 is 4.74 Å². The molecular weight excluding hydrogens is 244 g/mol. The molecule has 0 amide bonds. The van der Waals surface area contributed by atoms with Crippen molar-refractivity contribution in [2.24, 2.45) is 0 Å². The molecule has 1 heterocycles. The first kappa shape index (κ1) is 13.2. The second-order valence-electron chi connectivity index (χ2n) is 6.43. The lowest BCUT2D eigenvalue weighted by Gasteiger charge is -2.27. The third-order valence-corrected chi connectivity index (χ3v) is 4.52. The predicted octanol–water partition coefficient (Wildman–Crippen LogP) is 4.91. The van der Waals surface area contributed by atoms with Gasteiger partial charge in [0.15, 0.2) is 0 Å². The molecule has 104 valence electrons. The van der Waals surface area contributed by atoms with Crippen LogP contribution in [0.25, 0.3) is 0 Å². The van der Waals surface area contributed by atoms with Crippen molar-refractivity contribution >= 4 is 0 Å². The Bertz CT molecular complexity index is 653. The summed E-state index contributed by atoms with van der Waals surface area (Å²) in [5.41, 5.74) is 6.42. The fourth-order valence-corrected chi connectivity index (χ4v) is 3.44. The van der Waals surface area contributed by atoms with Gasteiger partial charge in [0.05, 0.1) is 5.92 Å². The maximum absolute atomic E-state index is 6.35. The quantitative estimate of drug-likeness (QED) is 0.712. The van der Waals surface area contributed by atoms with E-state index in [4.69, 9.17) is 4.74 Å². The molecule has 0 aromatic heterocycles. The van der Waals surface area contributed by atoms with E-state index in [1.165, 1.54) is 27.8 Å². The van der Waals surface area contributed by atoms with Crippen LogP contribution in [0.2, 0.25) is 0 Å². The van der Waals surface area contributed by atoms with Gasteiger partial charge in [-0.2, -0.15) is 0 Å². The van der Waals surface area contributed by atoms with Crippen molar-refractivity contribution in [1.82, 2.24) is 0 Å². The number of benzene rings is 2. The van der Waals surface area contributed by atoms with Crippen molar-refractivity contribution in [2.45, 2.75) is 46.1 Å². The highest BCUT2D eigenvalue weighted by molar-refractivity contribution is 5.58. The Morgan fingerprint density at radius 1 is 0.950 bits per heavy atom. The summed E-state index contributed by atoms with van der Waals surface area (Å²) in [5, 5.41) is 0. The first-order chi connectivity index (χ1) is 9.42. The standard InChI is InChI=1S/C19H22O/c1-12-11-13(2)16-17(15-9-7-6-8-10-15)19(4,5)20-18(16)14(12)3/h6-11,17H,1-5H3/t17-/m0/s1. The Balaban J connectivity index is 2.26. The summed E-state index contributed by atoms with van der Waals surface area (Å²) in [5.74, 6) is 1.40. The molecule has 0 fully saturated rings. The van der Waals surface area contributed by atoms with Crippen LogP contribution in [0, 0.1) is 20.8 Å². The van der Waals surface area contributed by atoms with Crippen molar-refractivity contribution in [2.75, 3.05) is 0 Å². The molecule has 0 saturated carbocycles. The van der Waals surface area contributed by atoms with Crippen molar-refractivity contribution in [1.29, 1.82) is 0 Å². The van der Waals surface area contributed by atoms with Gasteiger partial charge in [-0.25, -0.2) is 0 Å². The molecule has 0 radical (unpaired) electrons. The van der Waals surface area contributed by atoms with Gasteiger partial charge in [-0.15, -0.1) is 0 Å². The first-order valence-electron chi connectivity index (χ1n) is 7.26. The minimum absolute atomic E-state index is 0.201. The molecule has 0 aliphatic carbocycles. The van der Waals surface area contributed by atoms with Gasteiger partial charge in [0.1, 0.15) is 11.4 Å². The summed E-state index contributed by atoms with van der Waals surface area (Å²) in [7, 11) is 0. The number of rotatable bonds is 1. The van der Waals surface area contributed by atoms with Gasteiger partial charge >= 0.3 is 0 Å². The zero-order valence-electron chi connectivity index (χ0n) is 12.9. The zero-order chi connectivity index (χ0) is 14.5. The van der Waals surface area contributed by atoms with Crippen molar-refractivity contribution in [3.8, 4) is 5.75 Å². The lowest BCUT2D eigenvalue weighted by atomic mass is 9.79. The van der Waals surface area contributed by atoms with Crippen LogP contribution in [0.15, 0.2) is 36.4 Å². The Morgan fingerprint density at radius 2 is 1.60 bits per heavy atom. The number of ether oxygens (including phenoxy) is 1. The van der Waals surface area contributed by atoms with E-state index in [1.807, 2.05) is 0 Å². The zero-order valence-corrected chi connectivity index (χ0v) is 12.9. The molecule has 0 bridgehead atoms. The van der Waals surface area contributed by atoms with Crippen LogP contribution in [0.5, 0.6) is 5.75 Å². The molecule has 0 N–H and O–H groups in total. The van der Waals surface area contributed by atoms with Crippen molar-refractivity contribution in [3.63, 3.8) is 0 Å². The molecule has 1 nitrogen and oxygen atoms in total. The molecular formula is C19H22O.